The third kappa shape index (κ3) is 2.22. The molecule has 0 aliphatic carbocycles. The number of nitrogens with zero attached hydrogens (tertiary/aromatic N) is 1. The predicted molar refractivity (Wildman–Crippen MR) is 64.7 cm³/mol. The second-order valence-corrected chi connectivity index (χ2v) is 4.17. The molecule has 4 heteroatoms. The maximum Gasteiger partial charge on any atom is 0.323 e. The molecule has 2 rings (SSSR count). The van der Waals surface area contributed by atoms with E-state index in [-0.39, 0.29) is 6.54 Å². The fourth-order valence-electron chi connectivity index (χ4n) is 2.10. The SMILES string of the molecule is Cc1ccc2c(c1)C(=C=O)CCN2CC(=O)O. The van der Waals surface area contributed by atoms with Gasteiger partial charge in [-0.15, -0.1) is 0 Å². The van der Waals surface area contributed by atoms with Gasteiger partial charge < -0.3 is 10.0 Å². The fraction of sp³-hybridized carbons (Fsp3) is 0.308. The van der Waals surface area contributed by atoms with E-state index in [9.17, 15) is 9.59 Å². The number of fused-ring (bicyclic) bond motifs is 1. The average molecular weight is 231 g/mol. The Morgan fingerprint density at radius 1 is 1.53 bits per heavy atom. The predicted octanol–water partition coefficient (Wildman–Crippen LogP) is 1.50. The molecule has 1 N–H and O–H groups in total. The average Bonchev–Trinajstić information content (AvgIpc) is 2.28. The summed E-state index contributed by atoms with van der Waals surface area (Å²) in [6, 6.07) is 5.69. The van der Waals surface area contributed by atoms with E-state index >= 15 is 0 Å². The van der Waals surface area contributed by atoms with Crippen molar-refractivity contribution in [2.45, 2.75) is 13.3 Å². The Labute approximate surface area is 99.2 Å². The Bertz CT molecular complexity index is 515. The first-order chi connectivity index (χ1) is 8.11. The molecule has 0 spiro atoms. The summed E-state index contributed by atoms with van der Waals surface area (Å²) in [6.45, 7) is 2.45. The van der Waals surface area contributed by atoms with Crippen LogP contribution in [0.5, 0.6) is 0 Å². The topological polar surface area (TPSA) is 57.6 Å². The van der Waals surface area contributed by atoms with Crippen LogP contribution in [-0.4, -0.2) is 30.1 Å². The number of hydrogen-bond donors (Lipinski definition) is 1. The number of aryl methyl sites for hydroxylation is 1. The van der Waals surface area contributed by atoms with Crippen molar-refractivity contribution in [2.24, 2.45) is 0 Å². The van der Waals surface area contributed by atoms with Gasteiger partial charge >= 0.3 is 5.97 Å². The maximum atomic E-state index is 10.9. The lowest BCUT2D eigenvalue weighted by Gasteiger charge is -2.30. The Morgan fingerprint density at radius 3 is 2.94 bits per heavy atom. The van der Waals surface area contributed by atoms with E-state index in [1.54, 1.807) is 4.90 Å². The van der Waals surface area contributed by atoms with Crippen LogP contribution in [0.3, 0.4) is 0 Å². The van der Waals surface area contributed by atoms with Crippen LogP contribution in [-0.2, 0) is 9.59 Å². The van der Waals surface area contributed by atoms with Crippen LogP contribution in [0.25, 0.3) is 5.57 Å². The van der Waals surface area contributed by atoms with Gasteiger partial charge in [0.15, 0.2) is 0 Å². The van der Waals surface area contributed by atoms with Gasteiger partial charge in [0.2, 0.25) is 0 Å². The minimum atomic E-state index is -0.866. The number of carbonyl (C=O) groups is 1. The summed E-state index contributed by atoms with van der Waals surface area (Å²) in [7, 11) is 0. The summed E-state index contributed by atoms with van der Waals surface area (Å²) in [4.78, 5) is 23.4. The number of benzene rings is 1. The Kier molecular flexibility index (Phi) is 2.98. The van der Waals surface area contributed by atoms with E-state index in [0.29, 0.717) is 18.5 Å². The molecule has 0 atom stereocenters. The van der Waals surface area contributed by atoms with Crippen molar-refractivity contribution < 1.29 is 14.7 Å². The normalized spacial score (nSPS) is 14.2. The zero-order valence-corrected chi connectivity index (χ0v) is 9.56. The third-order valence-electron chi connectivity index (χ3n) is 2.90. The first kappa shape index (κ1) is 11.4. The molecule has 0 unspecified atom stereocenters. The summed E-state index contributed by atoms with van der Waals surface area (Å²) in [6.07, 6.45) is 0.549. The second-order valence-electron chi connectivity index (χ2n) is 4.17. The highest BCUT2D eigenvalue weighted by Crippen LogP contribution is 2.33. The summed E-state index contributed by atoms with van der Waals surface area (Å²) < 4.78 is 0. The molecule has 1 aromatic rings. The molecule has 1 aromatic carbocycles. The van der Waals surface area contributed by atoms with E-state index < -0.39 is 5.97 Å². The molecule has 0 aromatic heterocycles. The summed E-state index contributed by atoms with van der Waals surface area (Å²) >= 11 is 0. The van der Waals surface area contributed by atoms with Crippen LogP contribution in [0.4, 0.5) is 5.69 Å². The van der Waals surface area contributed by atoms with E-state index in [2.05, 4.69) is 0 Å². The van der Waals surface area contributed by atoms with Crippen LogP contribution in [0.15, 0.2) is 18.2 Å². The molecular formula is C13H13NO3. The number of carbonyl (C=O) groups excluding carboxylic acids is 1. The Hall–Kier alpha value is -2.06. The third-order valence-corrected chi connectivity index (χ3v) is 2.90. The van der Waals surface area contributed by atoms with Crippen molar-refractivity contribution in [2.75, 3.05) is 18.0 Å². The van der Waals surface area contributed by atoms with Crippen LogP contribution in [0.2, 0.25) is 0 Å². The summed E-state index contributed by atoms with van der Waals surface area (Å²) in [5, 5.41) is 8.84. The molecule has 0 fully saturated rings. The van der Waals surface area contributed by atoms with Gasteiger partial charge in [-0.25, -0.2) is 4.79 Å². The molecule has 0 saturated heterocycles. The lowest BCUT2D eigenvalue weighted by molar-refractivity contribution is -0.135. The largest absolute Gasteiger partial charge is 0.480 e. The van der Waals surface area contributed by atoms with Crippen molar-refractivity contribution in [1.29, 1.82) is 0 Å². The number of aliphatic carboxylic acids is 1. The maximum absolute atomic E-state index is 10.9. The van der Waals surface area contributed by atoms with Gasteiger partial charge in [0.05, 0.1) is 0 Å². The highest BCUT2D eigenvalue weighted by atomic mass is 16.4. The van der Waals surface area contributed by atoms with Gasteiger partial charge in [-0.05, 0) is 19.1 Å². The number of rotatable bonds is 2. The van der Waals surface area contributed by atoms with Crippen molar-refractivity contribution in [1.82, 2.24) is 0 Å². The van der Waals surface area contributed by atoms with Crippen LogP contribution in [0, 0.1) is 6.92 Å². The fourth-order valence-corrected chi connectivity index (χ4v) is 2.10. The van der Waals surface area contributed by atoms with Gasteiger partial charge in [-0.2, -0.15) is 0 Å². The number of carboxylic acid groups (broad SMARTS) is 1. The lowest BCUT2D eigenvalue weighted by Crippen LogP contribution is -2.34. The van der Waals surface area contributed by atoms with Gasteiger partial charge in [0.1, 0.15) is 12.5 Å². The lowest BCUT2D eigenvalue weighted by atomic mass is 9.95. The minimum absolute atomic E-state index is 0.0395. The molecule has 0 saturated carbocycles. The minimum Gasteiger partial charge on any atom is -0.480 e. The van der Waals surface area contributed by atoms with Gasteiger partial charge in [0, 0.05) is 29.8 Å². The number of anilines is 1. The van der Waals surface area contributed by atoms with Crippen molar-refractivity contribution >= 4 is 23.2 Å². The van der Waals surface area contributed by atoms with Crippen molar-refractivity contribution in [3.05, 3.63) is 29.3 Å². The molecule has 1 aliphatic heterocycles. The van der Waals surface area contributed by atoms with Crippen molar-refractivity contribution in [3.63, 3.8) is 0 Å². The van der Waals surface area contributed by atoms with E-state index in [1.165, 1.54) is 0 Å². The van der Waals surface area contributed by atoms with E-state index in [4.69, 9.17) is 5.11 Å². The molecule has 4 nitrogen and oxygen atoms in total. The van der Waals surface area contributed by atoms with Crippen molar-refractivity contribution in [3.8, 4) is 0 Å². The highest BCUT2D eigenvalue weighted by Gasteiger charge is 2.22. The summed E-state index contributed by atoms with van der Waals surface area (Å²) in [5.41, 5.74) is 3.30. The number of carboxylic acids is 1. The zero-order valence-electron chi connectivity index (χ0n) is 9.56. The van der Waals surface area contributed by atoms with Crippen LogP contribution >= 0.6 is 0 Å². The molecule has 88 valence electrons. The monoisotopic (exact) mass is 231 g/mol. The molecule has 1 aliphatic rings. The first-order valence-corrected chi connectivity index (χ1v) is 5.43. The first-order valence-electron chi connectivity index (χ1n) is 5.43. The smallest absolute Gasteiger partial charge is 0.323 e. The Balaban J connectivity index is 2.47. The molecule has 0 bridgehead atoms. The second kappa shape index (κ2) is 4.44. The molecule has 17 heavy (non-hydrogen) atoms. The Morgan fingerprint density at radius 2 is 2.29 bits per heavy atom. The quantitative estimate of drug-likeness (QED) is 0.784. The molecule has 0 amide bonds. The molecule has 1 heterocycles. The highest BCUT2D eigenvalue weighted by molar-refractivity contribution is 5.94. The zero-order chi connectivity index (χ0) is 12.4. The van der Waals surface area contributed by atoms with Crippen LogP contribution in [0.1, 0.15) is 17.5 Å². The van der Waals surface area contributed by atoms with E-state index in [0.717, 1.165) is 16.8 Å². The van der Waals surface area contributed by atoms with Gasteiger partial charge in [-0.3, -0.25) is 4.79 Å². The van der Waals surface area contributed by atoms with Gasteiger partial charge in [0.25, 0.3) is 0 Å². The van der Waals surface area contributed by atoms with Crippen LogP contribution < -0.4 is 4.90 Å². The summed E-state index contributed by atoms with van der Waals surface area (Å²) in [5.74, 6) is 1.09. The standard InChI is InChI=1S/C13H13NO3/c1-9-2-3-12-11(6-9)10(8-15)4-5-14(12)7-13(16)17/h2-3,6H,4-5,7H2,1H3,(H,16,17). The van der Waals surface area contributed by atoms with E-state index in [1.807, 2.05) is 31.1 Å². The van der Waals surface area contributed by atoms with Gasteiger partial charge in [-0.1, -0.05) is 11.6 Å². The molecule has 0 radical (unpaired) electrons. The molecular weight excluding hydrogens is 218 g/mol. The number of hydrogen-bond acceptors (Lipinski definition) is 3.